The first-order valence-corrected chi connectivity index (χ1v) is 5.49. The topological polar surface area (TPSA) is 78.0 Å². The Hall–Kier alpha value is -1.36. The molecule has 5 nitrogen and oxygen atoms in total. The molecule has 1 heterocycles. The zero-order valence-corrected chi connectivity index (χ0v) is 10.0. The van der Waals surface area contributed by atoms with Crippen LogP contribution >= 0.6 is 0 Å². The molecule has 0 spiro atoms. The lowest BCUT2D eigenvalue weighted by atomic mass is 10.1. The van der Waals surface area contributed by atoms with Crippen LogP contribution in [0.1, 0.15) is 41.5 Å². The number of aliphatic hydroxyl groups excluding tert-OH is 1. The van der Waals surface area contributed by atoms with Gasteiger partial charge in [0.25, 0.3) is 5.91 Å². The van der Waals surface area contributed by atoms with Crippen LogP contribution in [0.2, 0.25) is 0 Å². The zero-order valence-electron chi connectivity index (χ0n) is 10.0. The minimum atomic E-state index is -0.103. The Labute approximate surface area is 95.3 Å². The molecule has 0 saturated heterocycles. The van der Waals surface area contributed by atoms with Gasteiger partial charge in [0.15, 0.2) is 0 Å². The fraction of sp³-hybridized carbons (Fsp3) is 0.636. The van der Waals surface area contributed by atoms with Crippen LogP contribution in [0.5, 0.6) is 0 Å². The lowest BCUT2D eigenvalue weighted by molar-refractivity contribution is 0.0935. The van der Waals surface area contributed by atoms with Crippen LogP contribution in [0, 0.1) is 13.8 Å². The van der Waals surface area contributed by atoms with Crippen molar-refractivity contribution in [2.24, 2.45) is 0 Å². The van der Waals surface area contributed by atoms with Gasteiger partial charge in [-0.25, -0.2) is 0 Å². The average Bonchev–Trinajstić information content (AvgIpc) is 2.55. The molecule has 1 rings (SSSR count). The highest BCUT2D eigenvalue weighted by atomic mass is 16.2. The van der Waals surface area contributed by atoms with E-state index in [4.69, 9.17) is 5.11 Å². The fourth-order valence-electron chi connectivity index (χ4n) is 1.65. The number of H-pyrrole nitrogens is 1. The lowest BCUT2D eigenvalue weighted by Crippen LogP contribution is -2.33. The summed E-state index contributed by atoms with van der Waals surface area (Å²) in [5.41, 5.74) is 2.12. The summed E-state index contributed by atoms with van der Waals surface area (Å²) in [5, 5.41) is 18.3. The van der Waals surface area contributed by atoms with Crippen molar-refractivity contribution in [2.75, 3.05) is 6.61 Å². The number of nitrogens with one attached hydrogen (secondary N) is 2. The first-order valence-electron chi connectivity index (χ1n) is 5.49. The molecule has 5 heteroatoms. The van der Waals surface area contributed by atoms with Gasteiger partial charge < -0.3 is 10.4 Å². The Kier molecular flexibility index (Phi) is 4.49. The molecule has 0 bridgehead atoms. The summed E-state index contributed by atoms with van der Waals surface area (Å²) >= 11 is 0. The van der Waals surface area contributed by atoms with Crippen molar-refractivity contribution in [3.05, 3.63) is 17.0 Å². The zero-order chi connectivity index (χ0) is 12.1. The van der Waals surface area contributed by atoms with E-state index >= 15 is 0 Å². The molecule has 0 aliphatic heterocycles. The molecule has 0 aliphatic carbocycles. The molecule has 0 fully saturated rings. The van der Waals surface area contributed by atoms with Gasteiger partial charge in [-0.2, -0.15) is 5.10 Å². The third-order valence-electron chi connectivity index (χ3n) is 2.53. The molecule has 0 aliphatic rings. The Morgan fingerprint density at radius 2 is 2.25 bits per heavy atom. The molecule has 1 unspecified atom stereocenters. The SMILES string of the molecule is Cc1n[nH]c(C)c1C(=O)NC(C)CCCO. The summed E-state index contributed by atoms with van der Waals surface area (Å²) in [6.45, 7) is 5.71. The molecule has 0 radical (unpaired) electrons. The largest absolute Gasteiger partial charge is 0.396 e. The molecular formula is C11H19N3O2. The first kappa shape index (κ1) is 12.7. The van der Waals surface area contributed by atoms with Gasteiger partial charge in [0.2, 0.25) is 0 Å². The summed E-state index contributed by atoms with van der Waals surface area (Å²) in [4.78, 5) is 11.9. The second-order valence-corrected chi connectivity index (χ2v) is 4.05. The molecule has 16 heavy (non-hydrogen) atoms. The Balaban J connectivity index is 2.59. The summed E-state index contributed by atoms with van der Waals surface area (Å²) in [6, 6.07) is 0.0633. The normalized spacial score (nSPS) is 12.5. The third-order valence-corrected chi connectivity index (χ3v) is 2.53. The van der Waals surface area contributed by atoms with Gasteiger partial charge in [0, 0.05) is 18.3 Å². The van der Waals surface area contributed by atoms with Crippen LogP contribution in [0.15, 0.2) is 0 Å². The van der Waals surface area contributed by atoms with E-state index in [1.807, 2.05) is 13.8 Å². The summed E-state index contributed by atoms with van der Waals surface area (Å²) in [7, 11) is 0. The van der Waals surface area contributed by atoms with Gasteiger partial charge >= 0.3 is 0 Å². The highest BCUT2D eigenvalue weighted by Gasteiger charge is 2.16. The number of aliphatic hydroxyl groups is 1. The van der Waals surface area contributed by atoms with E-state index in [1.54, 1.807) is 6.92 Å². The van der Waals surface area contributed by atoms with Crippen molar-refractivity contribution in [2.45, 2.75) is 39.7 Å². The number of aromatic amines is 1. The molecule has 0 saturated carbocycles. The monoisotopic (exact) mass is 225 g/mol. The Bertz CT molecular complexity index is 341. The maximum absolute atomic E-state index is 11.9. The van der Waals surface area contributed by atoms with Crippen LogP contribution in [-0.4, -0.2) is 33.9 Å². The number of hydrogen-bond donors (Lipinski definition) is 3. The highest BCUT2D eigenvalue weighted by Crippen LogP contribution is 2.09. The standard InChI is InChI=1S/C11H19N3O2/c1-7(5-4-6-15)12-11(16)10-8(2)13-14-9(10)3/h7,15H,4-6H2,1-3H3,(H,12,16)(H,13,14). The van der Waals surface area contributed by atoms with Gasteiger partial charge in [-0.15, -0.1) is 0 Å². The molecule has 90 valence electrons. The van der Waals surface area contributed by atoms with Gasteiger partial charge in [0.1, 0.15) is 0 Å². The molecule has 0 aromatic carbocycles. The van der Waals surface area contributed by atoms with Gasteiger partial charge in [0.05, 0.1) is 11.3 Å². The van der Waals surface area contributed by atoms with Crippen molar-refractivity contribution >= 4 is 5.91 Å². The Morgan fingerprint density at radius 3 is 2.75 bits per heavy atom. The van der Waals surface area contributed by atoms with Crippen molar-refractivity contribution < 1.29 is 9.90 Å². The van der Waals surface area contributed by atoms with Crippen molar-refractivity contribution in [3.8, 4) is 0 Å². The van der Waals surface area contributed by atoms with Crippen LogP contribution in [0.4, 0.5) is 0 Å². The first-order chi connectivity index (χ1) is 7.56. The number of rotatable bonds is 5. The van der Waals surface area contributed by atoms with Crippen LogP contribution in [0.3, 0.4) is 0 Å². The highest BCUT2D eigenvalue weighted by molar-refractivity contribution is 5.96. The second-order valence-electron chi connectivity index (χ2n) is 4.05. The van der Waals surface area contributed by atoms with Gasteiger partial charge in [-0.3, -0.25) is 9.89 Å². The number of hydrogen-bond acceptors (Lipinski definition) is 3. The van der Waals surface area contributed by atoms with Crippen molar-refractivity contribution in [1.82, 2.24) is 15.5 Å². The van der Waals surface area contributed by atoms with Crippen molar-refractivity contribution in [3.63, 3.8) is 0 Å². The van der Waals surface area contributed by atoms with E-state index in [9.17, 15) is 4.79 Å². The molecular weight excluding hydrogens is 206 g/mol. The number of aryl methyl sites for hydroxylation is 2. The summed E-state index contributed by atoms with van der Waals surface area (Å²) in [6.07, 6.45) is 1.48. The number of amides is 1. The lowest BCUT2D eigenvalue weighted by Gasteiger charge is -2.13. The van der Waals surface area contributed by atoms with E-state index < -0.39 is 0 Å². The third kappa shape index (κ3) is 3.06. The molecule has 3 N–H and O–H groups in total. The number of aromatic nitrogens is 2. The quantitative estimate of drug-likeness (QED) is 0.697. The summed E-state index contributed by atoms with van der Waals surface area (Å²) in [5.74, 6) is -0.103. The molecule has 1 aromatic heterocycles. The maximum atomic E-state index is 11.9. The summed E-state index contributed by atoms with van der Waals surface area (Å²) < 4.78 is 0. The van der Waals surface area contributed by atoms with E-state index in [0.29, 0.717) is 17.7 Å². The van der Waals surface area contributed by atoms with Crippen LogP contribution in [-0.2, 0) is 0 Å². The average molecular weight is 225 g/mol. The number of nitrogens with zero attached hydrogens (tertiary/aromatic N) is 1. The van der Waals surface area contributed by atoms with Crippen LogP contribution in [0.25, 0.3) is 0 Å². The predicted octanol–water partition coefficient (Wildman–Crippen LogP) is 0.917. The maximum Gasteiger partial charge on any atom is 0.255 e. The fourth-order valence-corrected chi connectivity index (χ4v) is 1.65. The molecule has 1 aromatic rings. The minimum absolute atomic E-state index is 0.0633. The van der Waals surface area contributed by atoms with E-state index in [2.05, 4.69) is 15.5 Å². The van der Waals surface area contributed by atoms with Crippen molar-refractivity contribution in [1.29, 1.82) is 0 Å². The molecule has 1 amide bonds. The minimum Gasteiger partial charge on any atom is -0.396 e. The van der Waals surface area contributed by atoms with Gasteiger partial charge in [-0.1, -0.05) is 0 Å². The molecule has 1 atom stereocenters. The van der Waals surface area contributed by atoms with E-state index in [-0.39, 0.29) is 18.6 Å². The smallest absolute Gasteiger partial charge is 0.255 e. The second kappa shape index (κ2) is 5.65. The van der Waals surface area contributed by atoms with Crippen LogP contribution < -0.4 is 5.32 Å². The predicted molar refractivity (Wildman–Crippen MR) is 61.3 cm³/mol. The van der Waals surface area contributed by atoms with E-state index in [0.717, 1.165) is 12.1 Å². The number of carbonyl (C=O) groups is 1. The van der Waals surface area contributed by atoms with E-state index in [1.165, 1.54) is 0 Å². The Morgan fingerprint density at radius 1 is 1.56 bits per heavy atom. The van der Waals surface area contributed by atoms with Gasteiger partial charge in [-0.05, 0) is 33.6 Å². The number of carbonyl (C=O) groups excluding carboxylic acids is 1.